The maximum Gasteiger partial charge on any atom is 0.521 e. The molecule has 1 unspecified atom stereocenters. The fourth-order valence-corrected chi connectivity index (χ4v) is 2.75. The smallest absolute Gasteiger partial charge is 0.521 e. The van der Waals surface area contributed by atoms with Crippen LogP contribution in [0.25, 0.3) is 5.69 Å². The van der Waals surface area contributed by atoms with E-state index in [4.69, 9.17) is 37.9 Å². The Bertz CT molecular complexity index is 946. The van der Waals surface area contributed by atoms with Crippen molar-refractivity contribution in [3.05, 3.63) is 64.3 Å². The number of aryl methyl sites for hydroxylation is 1. The minimum Gasteiger partial charge on any atom is -0.565 e. The number of benzene rings is 1. The summed E-state index contributed by atoms with van der Waals surface area (Å²) in [6, 6.07) is 7.57. The van der Waals surface area contributed by atoms with Gasteiger partial charge in [-0.1, -0.05) is 30.1 Å². The lowest BCUT2D eigenvalue weighted by atomic mass is 10.2. The van der Waals surface area contributed by atoms with Crippen molar-refractivity contribution in [1.29, 1.82) is 0 Å². The quantitative estimate of drug-likeness (QED) is 0.309. The molecule has 0 radical (unpaired) electrons. The molecule has 1 atom stereocenters. The molecule has 0 bridgehead atoms. The first-order valence-corrected chi connectivity index (χ1v) is 10.3. The summed E-state index contributed by atoms with van der Waals surface area (Å²) in [5.74, 6) is 0.675. The van der Waals surface area contributed by atoms with Crippen LogP contribution in [0.5, 0.6) is 0 Å². The van der Waals surface area contributed by atoms with E-state index < -0.39 is 8.25 Å². The lowest BCUT2D eigenvalue weighted by molar-refractivity contribution is -0.244. The average Bonchev–Trinajstić information content (AvgIpc) is 3.19. The molecular formula is C17H20Cl2N5O4P. The van der Waals surface area contributed by atoms with Gasteiger partial charge in [-0.15, -0.1) is 0 Å². The molecule has 0 aliphatic heterocycles. The molecule has 0 fully saturated rings. The Kier molecular flexibility index (Phi) is 9.40. The van der Waals surface area contributed by atoms with Crippen LogP contribution < -0.4 is 10.2 Å². The van der Waals surface area contributed by atoms with Crippen LogP contribution in [0.2, 0.25) is 10.0 Å². The molecule has 0 spiro atoms. The lowest BCUT2D eigenvalue weighted by Gasteiger charge is -2.08. The topological polar surface area (TPSA) is 125 Å². The molecule has 0 aliphatic rings. The van der Waals surface area contributed by atoms with E-state index in [2.05, 4.69) is 25.1 Å². The third kappa shape index (κ3) is 7.32. The number of anilines is 1. The monoisotopic (exact) mass is 459 g/mol. The highest BCUT2D eigenvalue weighted by molar-refractivity contribution is 7.30. The summed E-state index contributed by atoms with van der Waals surface area (Å²) in [5, 5.41) is 16.0. The van der Waals surface area contributed by atoms with E-state index in [9.17, 15) is 0 Å². The Hall–Kier alpha value is -2.13. The van der Waals surface area contributed by atoms with Gasteiger partial charge in [-0.3, -0.25) is 0 Å². The molecule has 29 heavy (non-hydrogen) atoms. The van der Waals surface area contributed by atoms with Gasteiger partial charge in [0.15, 0.2) is 0 Å². The van der Waals surface area contributed by atoms with Gasteiger partial charge >= 0.3 is 8.25 Å². The van der Waals surface area contributed by atoms with Crippen molar-refractivity contribution in [1.82, 2.24) is 19.7 Å². The second-order valence-electron chi connectivity index (χ2n) is 5.59. The normalized spacial score (nSPS) is 10.9. The van der Waals surface area contributed by atoms with Crippen molar-refractivity contribution in [3.63, 3.8) is 0 Å². The van der Waals surface area contributed by atoms with E-state index in [0.29, 0.717) is 22.4 Å². The van der Waals surface area contributed by atoms with Crippen LogP contribution in [0.3, 0.4) is 0 Å². The minimum atomic E-state index is -3.04. The molecule has 0 amide bonds. The molecule has 2 heterocycles. The summed E-state index contributed by atoms with van der Waals surface area (Å²) in [6.07, 6.45) is 6.99. The number of halogens is 2. The first kappa shape index (κ1) is 23.2. The standard InChI is InChI=1S/C17H17Cl2N5.HO4P.H2/c1-2-15-16(19)17(22-11-21-15)20-8-7-12-9-23-24(10-12)14-5-3-13(18)4-6-14;1-4-5(2)3;/h3-6,9-11H,2,7-8H2,1H3,(H,20,21,22);1H;1H. The largest absolute Gasteiger partial charge is 0.565 e. The fourth-order valence-electron chi connectivity index (χ4n) is 2.33. The molecule has 1 aromatic carbocycles. The third-order valence-corrected chi connectivity index (χ3v) is 4.48. The summed E-state index contributed by atoms with van der Waals surface area (Å²) in [7, 11) is -3.04. The number of nitrogens with zero attached hydrogens (tertiary/aromatic N) is 4. The van der Waals surface area contributed by atoms with E-state index in [1.807, 2.05) is 48.3 Å². The highest BCUT2D eigenvalue weighted by atomic mass is 35.5. The van der Waals surface area contributed by atoms with Gasteiger partial charge in [-0.05, 0) is 47.2 Å². The first-order valence-electron chi connectivity index (χ1n) is 8.43. The van der Waals surface area contributed by atoms with Gasteiger partial charge in [0.25, 0.3) is 0 Å². The number of nitrogens with one attached hydrogen (secondary N) is 1. The van der Waals surface area contributed by atoms with Crippen molar-refractivity contribution in [2.75, 3.05) is 11.9 Å². The van der Waals surface area contributed by atoms with E-state index in [1.54, 1.807) is 0 Å². The minimum absolute atomic E-state index is 0. The third-order valence-electron chi connectivity index (χ3n) is 3.70. The summed E-state index contributed by atoms with van der Waals surface area (Å²) in [6.45, 7) is 2.73. The Morgan fingerprint density at radius 3 is 2.62 bits per heavy atom. The average molecular weight is 460 g/mol. The van der Waals surface area contributed by atoms with Crippen molar-refractivity contribution in [2.24, 2.45) is 0 Å². The molecule has 156 valence electrons. The molecule has 2 aromatic heterocycles. The SMILES string of the molecule is CCc1ncnc(NCCc2cnn(-c3ccc(Cl)cc3)c2)c1Cl.O=[P+]([O-])OO.[HH]. The summed E-state index contributed by atoms with van der Waals surface area (Å²) in [5.41, 5.74) is 2.95. The predicted octanol–water partition coefficient (Wildman–Crippen LogP) is 3.93. The molecular weight excluding hydrogens is 440 g/mol. The second kappa shape index (κ2) is 11.8. The molecule has 3 rings (SSSR count). The van der Waals surface area contributed by atoms with Gasteiger partial charge < -0.3 is 10.2 Å². The zero-order valence-corrected chi connectivity index (χ0v) is 17.7. The lowest BCUT2D eigenvalue weighted by Crippen LogP contribution is -2.08. The van der Waals surface area contributed by atoms with Crippen LogP contribution in [-0.4, -0.2) is 31.6 Å². The van der Waals surface area contributed by atoms with Gasteiger partial charge in [0.2, 0.25) is 0 Å². The van der Waals surface area contributed by atoms with Crippen molar-refractivity contribution in [3.8, 4) is 5.69 Å². The molecule has 0 saturated heterocycles. The number of hydrogen-bond donors (Lipinski definition) is 2. The van der Waals surface area contributed by atoms with Gasteiger partial charge in [0, 0.05) is 23.9 Å². The fraction of sp³-hybridized carbons (Fsp3) is 0.235. The van der Waals surface area contributed by atoms with Gasteiger partial charge in [0.05, 0.1) is 17.6 Å². The van der Waals surface area contributed by atoms with Gasteiger partial charge in [-0.2, -0.15) is 5.10 Å². The van der Waals surface area contributed by atoms with E-state index in [-0.39, 0.29) is 1.43 Å². The first-order chi connectivity index (χ1) is 13.9. The predicted molar refractivity (Wildman–Crippen MR) is 111 cm³/mol. The van der Waals surface area contributed by atoms with E-state index in [1.165, 1.54) is 6.33 Å². The second-order valence-corrected chi connectivity index (χ2v) is 7.01. The zero-order chi connectivity index (χ0) is 21.2. The molecule has 12 heteroatoms. The van der Waals surface area contributed by atoms with Crippen LogP contribution in [0.1, 0.15) is 19.6 Å². The number of aromatic nitrogens is 4. The van der Waals surface area contributed by atoms with Crippen molar-refractivity contribution < 1.29 is 20.8 Å². The molecule has 0 saturated carbocycles. The Morgan fingerprint density at radius 2 is 2.00 bits per heavy atom. The molecule has 9 nitrogen and oxygen atoms in total. The van der Waals surface area contributed by atoms with Crippen molar-refractivity contribution >= 4 is 37.3 Å². The molecule has 0 aliphatic carbocycles. The highest BCUT2D eigenvalue weighted by Gasteiger charge is 2.07. The van der Waals surface area contributed by atoms with Crippen LogP contribution in [-0.2, 0) is 22.1 Å². The maximum atomic E-state index is 8.93. The summed E-state index contributed by atoms with van der Waals surface area (Å²) >= 11 is 12.2. The Morgan fingerprint density at radius 1 is 1.31 bits per heavy atom. The zero-order valence-electron chi connectivity index (χ0n) is 15.3. The van der Waals surface area contributed by atoms with Crippen molar-refractivity contribution in [2.45, 2.75) is 19.8 Å². The Labute approximate surface area is 179 Å². The number of rotatable bonds is 7. The molecule has 2 N–H and O–H groups in total. The van der Waals surface area contributed by atoms with Gasteiger partial charge in [0.1, 0.15) is 17.2 Å². The van der Waals surface area contributed by atoms with E-state index in [0.717, 1.165) is 29.8 Å². The van der Waals surface area contributed by atoms with E-state index >= 15 is 0 Å². The summed E-state index contributed by atoms with van der Waals surface area (Å²) in [4.78, 5) is 17.3. The Balaban J connectivity index is 0.000000674. The summed E-state index contributed by atoms with van der Waals surface area (Å²) < 4.78 is 13.5. The van der Waals surface area contributed by atoms with Crippen LogP contribution >= 0.6 is 31.5 Å². The maximum absolute atomic E-state index is 8.93. The van der Waals surface area contributed by atoms with Crippen LogP contribution in [0.4, 0.5) is 5.82 Å². The number of hydrogen-bond acceptors (Lipinski definition) is 8. The molecule has 3 aromatic rings. The van der Waals surface area contributed by atoms with Crippen LogP contribution in [0, 0.1) is 0 Å². The highest BCUT2D eigenvalue weighted by Crippen LogP contribution is 2.22. The van der Waals surface area contributed by atoms with Gasteiger partial charge in [-0.25, -0.2) is 19.9 Å². The van der Waals surface area contributed by atoms with Crippen LogP contribution in [0.15, 0.2) is 43.0 Å².